The van der Waals surface area contributed by atoms with Gasteiger partial charge >= 0.3 is 6.85 Å². The topological polar surface area (TPSA) is 8.17 Å². The molecule has 0 spiro atoms. The summed E-state index contributed by atoms with van der Waals surface area (Å²) in [6.45, 7) is 10.9. The zero-order chi connectivity index (χ0) is 44.4. The van der Waals surface area contributed by atoms with E-state index in [-0.39, 0.29) is 6.85 Å². The summed E-state index contributed by atoms with van der Waals surface area (Å²) < 4.78 is 2.71. The monoisotopic (exact) mass is 842 g/mol. The molecule has 0 amide bonds. The number of fused-ring (bicyclic) bond motifs is 9. The quantitative estimate of drug-likeness (QED) is 0.157. The van der Waals surface area contributed by atoms with Crippen LogP contribution in [-0.4, -0.2) is 11.3 Å². The Bertz CT molecular complexity index is 3760. The van der Waals surface area contributed by atoms with E-state index in [0.717, 1.165) is 5.69 Å². The van der Waals surface area contributed by atoms with Crippen LogP contribution in [-0.2, 0) is 0 Å². The van der Waals surface area contributed by atoms with Gasteiger partial charge in [-0.15, -0.1) is 0 Å². The van der Waals surface area contributed by atoms with Crippen molar-refractivity contribution in [3.05, 3.63) is 222 Å². The largest absolute Gasteiger partial charge is 0.375 e. The first-order valence-corrected chi connectivity index (χ1v) is 23.3. The minimum atomic E-state index is -0.0991. The Labute approximate surface area is 387 Å². The van der Waals surface area contributed by atoms with Crippen LogP contribution in [0.3, 0.4) is 0 Å². The molecule has 3 heteroatoms. The third-order valence-electron chi connectivity index (χ3n) is 14.7. The molecule has 2 nitrogen and oxygen atoms in total. The van der Waals surface area contributed by atoms with Gasteiger partial charge in [0.1, 0.15) is 0 Å². The molecule has 11 aromatic rings. The average Bonchev–Trinajstić information content (AvgIpc) is 3.69. The molecule has 13 rings (SSSR count). The number of aryl methyl sites for hydroxylation is 5. The maximum absolute atomic E-state index is 2.71. The van der Waals surface area contributed by atoms with Gasteiger partial charge in [0.15, 0.2) is 0 Å². The van der Waals surface area contributed by atoms with Crippen molar-refractivity contribution >= 4 is 67.4 Å². The van der Waals surface area contributed by atoms with Crippen LogP contribution in [0.25, 0.3) is 88.2 Å². The lowest BCUT2D eigenvalue weighted by atomic mass is 9.44. The van der Waals surface area contributed by atoms with Crippen LogP contribution in [0.4, 0.5) is 17.1 Å². The molecule has 2 aliphatic rings. The highest BCUT2D eigenvalue weighted by atomic mass is 15.2. The van der Waals surface area contributed by atoms with Crippen LogP contribution in [0.5, 0.6) is 0 Å². The SMILES string of the molecule is Cc1ccc(-c2ccc(N3c4ccc(-c5ccc(C)cc5)cc4B4c5c3ccc(-c3ccc(C)cc3)c5-c3cccc5c6c7cccc(-c8c(C)cccc8C)c7ccc6n4c35)cc2)cc1. The van der Waals surface area contributed by atoms with Gasteiger partial charge in [-0.2, -0.15) is 0 Å². The van der Waals surface area contributed by atoms with E-state index in [1.54, 1.807) is 0 Å². The van der Waals surface area contributed by atoms with Crippen molar-refractivity contribution in [2.75, 3.05) is 4.90 Å². The van der Waals surface area contributed by atoms with Gasteiger partial charge in [0.05, 0.1) is 0 Å². The van der Waals surface area contributed by atoms with Gasteiger partial charge < -0.3 is 9.38 Å². The highest BCUT2D eigenvalue weighted by molar-refractivity contribution is 6.90. The Hall–Kier alpha value is -7.88. The molecule has 0 saturated carbocycles. The second kappa shape index (κ2) is 14.6. The van der Waals surface area contributed by atoms with Crippen molar-refractivity contribution in [2.45, 2.75) is 34.6 Å². The third kappa shape index (κ3) is 5.69. The van der Waals surface area contributed by atoms with E-state index in [0.29, 0.717) is 0 Å². The zero-order valence-corrected chi connectivity index (χ0v) is 37.9. The Morgan fingerprint density at radius 2 is 0.924 bits per heavy atom. The lowest BCUT2D eigenvalue weighted by Crippen LogP contribution is -2.56. The van der Waals surface area contributed by atoms with Gasteiger partial charge in [-0.05, 0) is 148 Å². The van der Waals surface area contributed by atoms with Crippen LogP contribution in [0.1, 0.15) is 27.8 Å². The highest BCUT2D eigenvalue weighted by Gasteiger charge is 2.44. The molecule has 0 radical (unpaired) electrons. The van der Waals surface area contributed by atoms with Crippen LogP contribution >= 0.6 is 0 Å². The number of hydrogen-bond acceptors (Lipinski definition) is 1. The molecule has 0 saturated heterocycles. The fraction of sp³-hybridized carbons (Fsp3) is 0.0794. The molecule has 0 fully saturated rings. The Morgan fingerprint density at radius 1 is 0.379 bits per heavy atom. The van der Waals surface area contributed by atoms with Crippen LogP contribution in [0, 0.1) is 34.6 Å². The fourth-order valence-corrected chi connectivity index (χ4v) is 11.5. The van der Waals surface area contributed by atoms with Gasteiger partial charge in [-0.25, -0.2) is 0 Å². The van der Waals surface area contributed by atoms with Crippen molar-refractivity contribution in [1.29, 1.82) is 0 Å². The van der Waals surface area contributed by atoms with Crippen LogP contribution in [0.15, 0.2) is 194 Å². The number of para-hydroxylation sites is 1. The summed E-state index contributed by atoms with van der Waals surface area (Å²) >= 11 is 0. The molecule has 312 valence electrons. The van der Waals surface area contributed by atoms with Gasteiger partial charge in [0.25, 0.3) is 0 Å². The minimum absolute atomic E-state index is 0.0991. The number of anilines is 3. The van der Waals surface area contributed by atoms with Crippen LogP contribution in [0.2, 0.25) is 0 Å². The number of aromatic nitrogens is 1. The summed E-state index contributed by atoms with van der Waals surface area (Å²) in [5, 5.41) is 5.19. The lowest BCUT2D eigenvalue weighted by Gasteiger charge is -2.41. The number of nitrogens with zero attached hydrogens (tertiary/aromatic N) is 2. The van der Waals surface area contributed by atoms with E-state index in [1.807, 2.05) is 0 Å². The second-order valence-corrected chi connectivity index (χ2v) is 18.8. The first kappa shape index (κ1) is 38.6. The minimum Gasteiger partial charge on any atom is -0.375 e. The predicted molar refractivity (Wildman–Crippen MR) is 283 cm³/mol. The lowest BCUT2D eigenvalue weighted by molar-refractivity contribution is 1.25. The molecule has 10 aromatic carbocycles. The normalized spacial score (nSPS) is 12.6. The zero-order valence-electron chi connectivity index (χ0n) is 37.9. The van der Waals surface area contributed by atoms with E-state index < -0.39 is 0 Å². The summed E-state index contributed by atoms with van der Waals surface area (Å²) in [5.41, 5.74) is 27.7. The standard InChI is InChI=1S/C63H47BN2/c1-38-15-21-43(22-16-38)44-27-30-48(31-28-44)65-56-34-29-47(45-23-17-39(2)18-24-45)37-55(56)64-62-58(65)36-32-49(46-25-19-40(3)20-26-46)61(62)54-14-8-13-53-60-52-12-7-11-51(59-41(4)9-6-10-42(59)5)50(52)33-35-57(60)66(64)63(53)54/h6-37H,1-5H3. The molecular weight excluding hydrogens is 796 g/mol. The van der Waals surface area contributed by atoms with Crippen molar-refractivity contribution in [3.63, 3.8) is 0 Å². The fourth-order valence-electron chi connectivity index (χ4n) is 11.5. The van der Waals surface area contributed by atoms with E-state index in [2.05, 4.69) is 238 Å². The van der Waals surface area contributed by atoms with E-state index >= 15 is 0 Å². The molecule has 2 aliphatic heterocycles. The maximum Gasteiger partial charge on any atom is 0.333 e. The van der Waals surface area contributed by atoms with E-state index in [9.17, 15) is 0 Å². The molecule has 0 aliphatic carbocycles. The average molecular weight is 843 g/mol. The Balaban J connectivity index is 1.14. The van der Waals surface area contributed by atoms with E-state index in [1.165, 1.54) is 138 Å². The third-order valence-corrected chi connectivity index (χ3v) is 14.7. The summed E-state index contributed by atoms with van der Waals surface area (Å²) in [7, 11) is 0. The number of benzene rings is 10. The first-order chi connectivity index (χ1) is 32.3. The summed E-state index contributed by atoms with van der Waals surface area (Å²) in [6, 6.07) is 73.6. The summed E-state index contributed by atoms with van der Waals surface area (Å²) in [4.78, 5) is 2.53. The smallest absolute Gasteiger partial charge is 0.333 e. The van der Waals surface area contributed by atoms with Crippen molar-refractivity contribution in [1.82, 2.24) is 4.48 Å². The molecule has 66 heavy (non-hydrogen) atoms. The van der Waals surface area contributed by atoms with Crippen molar-refractivity contribution < 1.29 is 0 Å². The second-order valence-electron chi connectivity index (χ2n) is 18.8. The Kier molecular flexibility index (Phi) is 8.52. The molecule has 1 aromatic heterocycles. The van der Waals surface area contributed by atoms with Crippen molar-refractivity contribution in [2.24, 2.45) is 0 Å². The molecule has 0 N–H and O–H groups in total. The molecule has 0 bridgehead atoms. The van der Waals surface area contributed by atoms with E-state index in [4.69, 9.17) is 0 Å². The van der Waals surface area contributed by atoms with Gasteiger partial charge in [-0.3, -0.25) is 0 Å². The maximum atomic E-state index is 2.71. The molecule has 0 atom stereocenters. The first-order valence-electron chi connectivity index (χ1n) is 23.3. The summed E-state index contributed by atoms with van der Waals surface area (Å²) in [6.07, 6.45) is 0. The Morgan fingerprint density at radius 3 is 1.59 bits per heavy atom. The number of hydrogen-bond donors (Lipinski definition) is 0. The molecule has 3 heterocycles. The van der Waals surface area contributed by atoms with Gasteiger partial charge in [-0.1, -0.05) is 180 Å². The van der Waals surface area contributed by atoms with Crippen molar-refractivity contribution in [3.8, 4) is 55.6 Å². The van der Waals surface area contributed by atoms with Gasteiger partial charge in [0.2, 0.25) is 0 Å². The molecular formula is C63H47BN2. The summed E-state index contributed by atoms with van der Waals surface area (Å²) in [5.74, 6) is 0. The molecule has 0 unspecified atom stereocenters. The highest BCUT2D eigenvalue weighted by Crippen LogP contribution is 2.50. The van der Waals surface area contributed by atoms with Gasteiger partial charge in [0, 0.05) is 44.4 Å². The predicted octanol–water partition coefficient (Wildman–Crippen LogP) is 15.6. The number of rotatable bonds is 5. The van der Waals surface area contributed by atoms with Crippen LogP contribution < -0.4 is 15.8 Å².